The van der Waals surface area contributed by atoms with Crippen molar-refractivity contribution in [2.24, 2.45) is 0 Å². The van der Waals surface area contributed by atoms with E-state index in [1.54, 1.807) is 24.3 Å². The Morgan fingerprint density at radius 3 is 2.30 bits per heavy atom. The summed E-state index contributed by atoms with van der Waals surface area (Å²) in [7, 11) is -2.40. The van der Waals surface area contributed by atoms with Gasteiger partial charge in [0.1, 0.15) is 12.3 Å². The summed E-state index contributed by atoms with van der Waals surface area (Å²) >= 11 is 0. The number of halogens is 2. The summed E-state index contributed by atoms with van der Waals surface area (Å²) in [5.74, 6) is -1.19. The maximum absolute atomic E-state index is 14.0. The summed E-state index contributed by atoms with van der Waals surface area (Å²) in [6, 6.07) is 10.2. The van der Waals surface area contributed by atoms with Gasteiger partial charge in [-0.3, -0.25) is 9.10 Å². The topological polar surface area (TPSA) is 84.9 Å². The first-order chi connectivity index (χ1) is 14.2. The number of methoxy groups -OCH3 is 1. The number of sulfonamides is 1. The molecule has 0 unspecified atom stereocenters. The zero-order valence-corrected chi connectivity index (χ0v) is 17.5. The molecule has 10 heteroatoms. The maximum atomic E-state index is 14.0. The molecular weight excluding hydrogens is 418 g/mol. The summed E-state index contributed by atoms with van der Waals surface area (Å²) in [4.78, 5) is 12.0. The summed E-state index contributed by atoms with van der Waals surface area (Å²) in [6.45, 7) is 0.207. The Bertz CT molecular complexity index is 949. The van der Waals surface area contributed by atoms with Crippen molar-refractivity contribution in [2.45, 2.75) is 12.8 Å². The molecule has 0 saturated heterocycles. The quantitative estimate of drug-likeness (QED) is 0.541. The molecule has 30 heavy (non-hydrogen) atoms. The van der Waals surface area contributed by atoms with Crippen molar-refractivity contribution in [3.63, 3.8) is 0 Å². The standard InChI is InChI=1S/C20H24F2N2O5S/c1-28-17-9-3-4-10-18(17)29-14-12-23-19(25)11-6-13-24(30(2,26)27)20-15(21)7-5-8-16(20)22/h3-5,7-10H,6,11-14H2,1-2H3,(H,23,25). The Balaban J connectivity index is 1.82. The van der Waals surface area contributed by atoms with Crippen LogP contribution in [0.4, 0.5) is 14.5 Å². The normalized spacial score (nSPS) is 11.1. The molecule has 0 fully saturated rings. The molecule has 0 saturated carbocycles. The van der Waals surface area contributed by atoms with Crippen LogP contribution in [-0.2, 0) is 14.8 Å². The lowest BCUT2D eigenvalue weighted by molar-refractivity contribution is -0.121. The molecule has 0 radical (unpaired) electrons. The number of carbonyl (C=O) groups excluding carboxylic acids is 1. The second-order valence-corrected chi connectivity index (χ2v) is 8.27. The predicted molar refractivity (Wildman–Crippen MR) is 109 cm³/mol. The average molecular weight is 442 g/mol. The predicted octanol–water partition coefficient (Wildman–Crippen LogP) is 2.71. The van der Waals surface area contributed by atoms with E-state index in [4.69, 9.17) is 9.47 Å². The van der Waals surface area contributed by atoms with Gasteiger partial charge >= 0.3 is 0 Å². The Kier molecular flexibility index (Phi) is 8.40. The largest absolute Gasteiger partial charge is 0.493 e. The van der Waals surface area contributed by atoms with Crippen LogP contribution in [0.25, 0.3) is 0 Å². The van der Waals surface area contributed by atoms with Gasteiger partial charge in [0.15, 0.2) is 23.1 Å². The van der Waals surface area contributed by atoms with E-state index in [1.807, 2.05) is 0 Å². The van der Waals surface area contributed by atoms with Crippen molar-refractivity contribution < 1.29 is 31.5 Å². The van der Waals surface area contributed by atoms with Crippen LogP contribution in [0.5, 0.6) is 11.5 Å². The first-order valence-electron chi connectivity index (χ1n) is 9.18. The minimum absolute atomic E-state index is 0.0171. The average Bonchev–Trinajstić information content (AvgIpc) is 2.69. The fourth-order valence-corrected chi connectivity index (χ4v) is 3.70. The van der Waals surface area contributed by atoms with E-state index in [0.29, 0.717) is 15.8 Å². The molecule has 7 nitrogen and oxygen atoms in total. The van der Waals surface area contributed by atoms with Gasteiger partial charge < -0.3 is 14.8 Å². The third-order valence-corrected chi connectivity index (χ3v) is 5.27. The number of hydrogen-bond acceptors (Lipinski definition) is 5. The van der Waals surface area contributed by atoms with Crippen LogP contribution < -0.4 is 19.1 Å². The lowest BCUT2D eigenvalue weighted by atomic mass is 10.2. The van der Waals surface area contributed by atoms with Gasteiger partial charge in [-0.1, -0.05) is 18.2 Å². The van der Waals surface area contributed by atoms with Crippen LogP contribution in [0.15, 0.2) is 42.5 Å². The van der Waals surface area contributed by atoms with Gasteiger partial charge in [0.2, 0.25) is 15.9 Å². The van der Waals surface area contributed by atoms with Crippen LogP contribution in [0, 0.1) is 11.6 Å². The first kappa shape index (κ1) is 23.4. The van der Waals surface area contributed by atoms with Crippen LogP contribution >= 0.6 is 0 Å². The summed E-state index contributed by atoms with van der Waals surface area (Å²) in [5, 5.41) is 2.64. The molecule has 164 valence electrons. The number of nitrogens with zero attached hydrogens (tertiary/aromatic N) is 1. The Hall–Kier alpha value is -2.88. The Labute approximate surface area is 174 Å². The zero-order valence-electron chi connectivity index (χ0n) is 16.7. The highest BCUT2D eigenvalue weighted by molar-refractivity contribution is 7.92. The number of para-hydroxylation sites is 3. The van der Waals surface area contributed by atoms with Gasteiger partial charge in [-0.25, -0.2) is 17.2 Å². The highest BCUT2D eigenvalue weighted by Gasteiger charge is 2.24. The van der Waals surface area contributed by atoms with Crippen molar-refractivity contribution in [2.75, 3.05) is 37.4 Å². The first-order valence-corrected chi connectivity index (χ1v) is 11.0. The lowest BCUT2D eigenvalue weighted by Crippen LogP contribution is -2.34. The molecule has 0 heterocycles. The van der Waals surface area contributed by atoms with Gasteiger partial charge in [0.25, 0.3) is 0 Å². The molecule has 2 aromatic carbocycles. The third kappa shape index (κ3) is 6.58. The van der Waals surface area contributed by atoms with E-state index >= 15 is 0 Å². The minimum Gasteiger partial charge on any atom is -0.493 e. The number of hydrogen-bond donors (Lipinski definition) is 1. The van der Waals surface area contributed by atoms with E-state index in [-0.39, 0.29) is 38.4 Å². The number of amides is 1. The summed E-state index contributed by atoms with van der Waals surface area (Å²) in [6.07, 6.45) is 0.922. The number of carbonyl (C=O) groups is 1. The van der Waals surface area contributed by atoms with Crippen molar-refractivity contribution in [3.8, 4) is 11.5 Å². The molecular formula is C20H24F2N2O5S. The summed E-state index contributed by atoms with van der Waals surface area (Å²) < 4.78 is 63.2. The fourth-order valence-electron chi connectivity index (χ4n) is 2.73. The zero-order chi connectivity index (χ0) is 22.1. The number of rotatable bonds is 11. The smallest absolute Gasteiger partial charge is 0.232 e. The SMILES string of the molecule is COc1ccccc1OCCNC(=O)CCCN(c1c(F)cccc1F)S(C)(=O)=O. The molecule has 1 amide bonds. The number of ether oxygens (including phenoxy) is 2. The molecule has 0 bridgehead atoms. The Morgan fingerprint density at radius 2 is 1.70 bits per heavy atom. The fraction of sp³-hybridized carbons (Fsp3) is 0.350. The van der Waals surface area contributed by atoms with Gasteiger partial charge in [-0.05, 0) is 30.7 Å². The van der Waals surface area contributed by atoms with E-state index in [0.717, 1.165) is 24.5 Å². The van der Waals surface area contributed by atoms with E-state index in [9.17, 15) is 22.0 Å². The van der Waals surface area contributed by atoms with E-state index < -0.39 is 27.3 Å². The van der Waals surface area contributed by atoms with E-state index in [2.05, 4.69) is 5.32 Å². The van der Waals surface area contributed by atoms with Crippen molar-refractivity contribution in [1.82, 2.24) is 5.32 Å². The molecule has 0 spiro atoms. The van der Waals surface area contributed by atoms with Gasteiger partial charge in [-0.2, -0.15) is 0 Å². The van der Waals surface area contributed by atoms with Crippen LogP contribution in [0.1, 0.15) is 12.8 Å². The molecule has 0 aliphatic carbocycles. The van der Waals surface area contributed by atoms with Gasteiger partial charge in [-0.15, -0.1) is 0 Å². The van der Waals surface area contributed by atoms with Crippen LogP contribution in [0.3, 0.4) is 0 Å². The third-order valence-electron chi connectivity index (χ3n) is 4.10. The molecule has 0 atom stereocenters. The Morgan fingerprint density at radius 1 is 1.07 bits per heavy atom. The van der Waals surface area contributed by atoms with Crippen LogP contribution in [-0.4, -0.2) is 47.4 Å². The monoisotopic (exact) mass is 442 g/mol. The number of anilines is 1. The highest BCUT2D eigenvalue weighted by Crippen LogP contribution is 2.26. The van der Waals surface area contributed by atoms with Crippen LogP contribution in [0.2, 0.25) is 0 Å². The van der Waals surface area contributed by atoms with Crippen molar-refractivity contribution in [3.05, 3.63) is 54.1 Å². The number of nitrogens with one attached hydrogen (secondary N) is 1. The summed E-state index contributed by atoms with van der Waals surface area (Å²) in [5.41, 5.74) is -0.648. The minimum atomic E-state index is -3.93. The van der Waals surface area contributed by atoms with Gasteiger partial charge in [0, 0.05) is 13.0 Å². The highest BCUT2D eigenvalue weighted by atomic mass is 32.2. The lowest BCUT2D eigenvalue weighted by Gasteiger charge is -2.23. The molecule has 2 aromatic rings. The van der Waals surface area contributed by atoms with Gasteiger partial charge in [0.05, 0.1) is 19.9 Å². The molecule has 2 rings (SSSR count). The second kappa shape index (κ2) is 10.8. The molecule has 0 aromatic heterocycles. The van der Waals surface area contributed by atoms with E-state index in [1.165, 1.54) is 7.11 Å². The number of benzene rings is 2. The second-order valence-electron chi connectivity index (χ2n) is 6.36. The van der Waals surface area contributed by atoms with Crippen molar-refractivity contribution in [1.29, 1.82) is 0 Å². The molecule has 0 aliphatic heterocycles. The molecule has 0 aliphatic rings. The maximum Gasteiger partial charge on any atom is 0.232 e. The van der Waals surface area contributed by atoms with Crippen molar-refractivity contribution >= 4 is 21.6 Å². The molecule has 1 N–H and O–H groups in total.